The summed E-state index contributed by atoms with van der Waals surface area (Å²) in [5.41, 5.74) is 4.69. The Labute approximate surface area is 244 Å². The molecule has 8 nitrogen and oxygen atoms in total. The number of aryl methyl sites for hydroxylation is 2. The zero-order chi connectivity index (χ0) is 27.3. The van der Waals surface area contributed by atoms with E-state index < -0.39 is 0 Å². The number of ether oxygens (including phenoxy) is 2. The van der Waals surface area contributed by atoms with Gasteiger partial charge in [-0.2, -0.15) is 10.2 Å². The van der Waals surface area contributed by atoms with Gasteiger partial charge in [-0.1, -0.05) is 60.7 Å². The second-order valence-electron chi connectivity index (χ2n) is 9.73. The number of aromatic nitrogens is 4. The molecule has 10 heteroatoms. The van der Waals surface area contributed by atoms with Crippen LogP contribution in [0.2, 0.25) is 0 Å². The van der Waals surface area contributed by atoms with Gasteiger partial charge in [-0.25, -0.2) is 0 Å². The van der Waals surface area contributed by atoms with Crippen LogP contribution in [0.3, 0.4) is 0 Å². The van der Waals surface area contributed by atoms with Crippen molar-refractivity contribution in [2.75, 3.05) is 62.4 Å². The standard InChI is InChI=1S/C30H36N6O2S2/c1-3-35-25(23-11-7-5-8-12-23)27(29(31-35)33-15-19-37-20-16-33)39-40-28-26(24-13-9-6-10-14-24)36(4-2)32-30(28)34-17-21-38-22-18-34/h5-14H,3-4,15-22H2,1-2H3. The second kappa shape index (κ2) is 12.7. The molecular formula is C30H36N6O2S2. The molecule has 210 valence electrons. The number of morpholine rings is 2. The Morgan fingerprint density at radius 3 is 1.32 bits per heavy atom. The molecule has 0 aliphatic carbocycles. The van der Waals surface area contributed by atoms with Crippen LogP contribution in [0.25, 0.3) is 22.5 Å². The SMILES string of the molecule is CCn1nc(N2CCOCC2)c(SSc2c(N3CCOCC3)nn(CC)c2-c2ccccc2)c1-c1ccccc1. The smallest absolute Gasteiger partial charge is 0.166 e. The zero-order valence-electron chi connectivity index (χ0n) is 23.2. The average Bonchev–Trinajstić information content (AvgIpc) is 3.60. The molecule has 2 fully saturated rings. The van der Waals surface area contributed by atoms with Crippen molar-refractivity contribution in [2.45, 2.75) is 36.7 Å². The largest absolute Gasteiger partial charge is 0.378 e. The fraction of sp³-hybridized carbons (Fsp3) is 0.400. The summed E-state index contributed by atoms with van der Waals surface area (Å²) in [5, 5.41) is 10.3. The van der Waals surface area contributed by atoms with Crippen molar-refractivity contribution in [3.63, 3.8) is 0 Å². The van der Waals surface area contributed by atoms with Crippen LogP contribution in [0.15, 0.2) is 70.5 Å². The van der Waals surface area contributed by atoms with Crippen molar-refractivity contribution < 1.29 is 9.47 Å². The van der Waals surface area contributed by atoms with E-state index in [1.165, 1.54) is 32.3 Å². The second-order valence-corrected chi connectivity index (χ2v) is 11.9. The van der Waals surface area contributed by atoms with Crippen molar-refractivity contribution in [2.24, 2.45) is 0 Å². The molecule has 0 radical (unpaired) electrons. The molecule has 0 amide bonds. The Kier molecular flexibility index (Phi) is 8.67. The molecule has 2 aliphatic heterocycles. The monoisotopic (exact) mass is 576 g/mol. The molecule has 2 aliphatic rings. The summed E-state index contributed by atoms with van der Waals surface area (Å²) in [5.74, 6) is 2.08. The number of rotatable bonds is 9. The molecule has 4 aromatic rings. The predicted octanol–water partition coefficient (Wildman–Crippen LogP) is 5.93. The van der Waals surface area contributed by atoms with Gasteiger partial charge < -0.3 is 19.3 Å². The minimum absolute atomic E-state index is 0.722. The van der Waals surface area contributed by atoms with E-state index in [-0.39, 0.29) is 0 Å². The molecule has 40 heavy (non-hydrogen) atoms. The number of benzene rings is 2. The zero-order valence-corrected chi connectivity index (χ0v) is 24.8. The number of hydrogen-bond acceptors (Lipinski definition) is 8. The molecule has 0 saturated carbocycles. The number of nitrogens with zero attached hydrogens (tertiary/aromatic N) is 6. The van der Waals surface area contributed by atoms with Crippen LogP contribution >= 0.6 is 21.6 Å². The summed E-state index contributed by atoms with van der Waals surface area (Å²) in [4.78, 5) is 7.13. The molecule has 0 spiro atoms. The van der Waals surface area contributed by atoms with E-state index in [4.69, 9.17) is 19.7 Å². The minimum atomic E-state index is 0.722. The first kappa shape index (κ1) is 27.3. The van der Waals surface area contributed by atoms with E-state index in [0.29, 0.717) is 0 Å². The Morgan fingerprint density at radius 2 is 0.975 bits per heavy atom. The van der Waals surface area contributed by atoms with E-state index in [1.807, 2.05) is 0 Å². The lowest BCUT2D eigenvalue weighted by atomic mass is 10.1. The van der Waals surface area contributed by atoms with E-state index in [1.54, 1.807) is 21.6 Å². The first-order chi connectivity index (χ1) is 19.8. The highest BCUT2D eigenvalue weighted by Crippen LogP contribution is 2.51. The quantitative estimate of drug-likeness (QED) is 0.228. The molecular weight excluding hydrogens is 541 g/mol. The Bertz CT molecular complexity index is 1290. The fourth-order valence-corrected chi connectivity index (χ4v) is 7.96. The first-order valence-corrected chi connectivity index (χ1v) is 16.3. The van der Waals surface area contributed by atoms with Gasteiger partial charge in [0.25, 0.3) is 0 Å². The van der Waals surface area contributed by atoms with E-state index in [2.05, 4.69) is 93.7 Å². The van der Waals surface area contributed by atoms with Gasteiger partial charge in [0.15, 0.2) is 11.6 Å². The van der Waals surface area contributed by atoms with E-state index in [9.17, 15) is 0 Å². The molecule has 4 heterocycles. The van der Waals surface area contributed by atoms with Gasteiger partial charge in [0.1, 0.15) is 0 Å². The Balaban J connectivity index is 1.46. The topological polar surface area (TPSA) is 60.6 Å². The van der Waals surface area contributed by atoms with Crippen molar-refractivity contribution in [1.29, 1.82) is 0 Å². The summed E-state index contributed by atoms with van der Waals surface area (Å²) in [6.45, 7) is 12.2. The molecule has 6 rings (SSSR count). The lowest BCUT2D eigenvalue weighted by Crippen LogP contribution is -2.37. The summed E-state index contributed by atoms with van der Waals surface area (Å²) >= 11 is 0. The molecule has 0 atom stereocenters. The molecule has 0 bridgehead atoms. The average molecular weight is 577 g/mol. The third-order valence-corrected chi connectivity index (χ3v) is 9.73. The van der Waals surface area contributed by atoms with Crippen LogP contribution in [-0.4, -0.2) is 72.2 Å². The summed E-state index contributed by atoms with van der Waals surface area (Å²) < 4.78 is 15.7. The van der Waals surface area contributed by atoms with Crippen LogP contribution in [-0.2, 0) is 22.6 Å². The van der Waals surface area contributed by atoms with Crippen LogP contribution < -0.4 is 9.80 Å². The van der Waals surface area contributed by atoms with Gasteiger partial charge in [0, 0.05) is 50.4 Å². The van der Waals surface area contributed by atoms with Gasteiger partial charge in [0.2, 0.25) is 0 Å². The van der Waals surface area contributed by atoms with Gasteiger partial charge in [-0.3, -0.25) is 9.36 Å². The molecule has 2 saturated heterocycles. The van der Waals surface area contributed by atoms with Crippen LogP contribution in [0.5, 0.6) is 0 Å². The van der Waals surface area contributed by atoms with Crippen molar-refractivity contribution in [3.05, 3.63) is 60.7 Å². The molecule has 2 aromatic heterocycles. The number of anilines is 2. The molecule has 0 unspecified atom stereocenters. The third-order valence-electron chi connectivity index (χ3n) is 7.31. The normalized spacial score (nSPS) is 16.1. The maximum absolute atomic E-state index is 5.69. The lowest BCUT2D eigenvalue weighted by Gasteiger charge is -2.28. The van der Waals surface area contributed by atoms with Crippen LogP contribution in [0.1, 0.15) is 13.8 Å². The summed E-state index contributed by atoms with van der Waals surface area (Å²) in [7, 11) is 3.60. The number of hydrogen-bond donors (Lipinski definition) is 0. The predicted molar refractivity (Wildman–Crippen MR) is 164 cm³/mol. The fourth-order valence-electron chi connectivity index (χ4n) is 5.28. The van der Waals surface area contributed by atoms with Gasteiger partial charge in [0.05, 0.1) is 47.6 Å². The summed E-state index contributed by atoms with van der Waals surface area (Å²) in [6.07, 6.45) is 0. The van der Waals surface area contributed by atoms with Crippen LogP contribution in [0.4, 0.5) is 11.6 Å². The van der Waals surface area contributed by atoms with Crippen molar-refractivity contribution >= 4 is 33.2 Å². The van der Waals surface area contributed by atoms with Crippen molar-refractivity contribution in [1.82, 2.24) is 19.6 Å². The highest BCUT2D eigenvalue weighted by atomic mass is 33.1. The maximum atomic E-state index is 5.69. The highest BCUT2D eigenvalue weighted by molar-refractivity contribution is 8.76. The first-order valence-electron chi connectivity index (χ1n) is 14.1. The van der Waals surface area contributed by atoms with Gasteiger partial charge in [-0.15, -0.1) is 0 Å². The van der Waals surface area contributed by atoms with Crippen molar-refractivity contribution in [3.8, 4) is 22.5 Å². The van der Waals surface area contributed by atoms with Gasteiger partial charge in [-0.05, 0) is 35.4 Å². The Hall–Kier alpha value is -2.92. The minimum Gasteiger partial charge on any atom is -0.378 e. The third kappa shape index (κ3) is 5.50. The maximum Gasteiger partial charge on any atom is 0.166 e. The highest BCUT2D eigenvalue weighted by Gasteiger charge is 2.29. The summed E-state index contributed by atoms with van der Waals surface area (Å²) in [6, 6.07) is 21.3. The van der Waals surface area contributed by atoms with E-state index in [0.717, 1.165) is 77.3 Å². The Morgan fingerprint density at radius 1 is 0.600 bits per heavy atom. The van der Waals surface area contributed by atoms with Crippen LogP contribution in [0, 0.1) is 0 Å². The van der Waals surface area contributed by atoms with E-state index >= 15 is 0 Å². The van der Waals surface area contributed by atoms with Gasteiger partial charge >= 0.3 is 0 Å². The molecule has 2 aromatic carbocycles. The lowest BCUT2D eigenvalue weighted by molar-refractivity contribution is 0.122. The molecule has 0 N–H and O–H groups in total.